The molecular weight excluding hydrogens is 370 g/mol. The van der Waals surface area contributed by atoms with Gasteiger partial charge in [-0.15, -0.1) is 0 Å². The first-order valence-electron chi connectivity index (χ1n) is 10.5. The lowest BCUT2D eigenvalue weighted by Gasteiger charge is -2.26. The summed E-state index contributed by atoms with van der Waals surface area (Å²) in [6, 6.07) is 5.83. The Bertz CT molecular complexity index is 930. The highest BCUT2D eigenvalue weighted by molar-refractivity contribution is 7.92. The Morgan fingerprint density at radius 2 is 2.00 bits per heavy atom. The summed E-state index contributed by atoms with van der Waals surface area (Å²) in [6.07, 6.45) is 10.6. The Hall–Kier alpha value is -1.79. The van der Waals surface area contributed by atoms with E-state index in [1.165, 1.54) is 47.7 Å². The Kier molecular flexibility index (Phi) is 6.83. The van der Waals surface area contributed by atoms with Crippen LogP contribution >= 0.6 is 0 Å². The van der Waals surface area contributed by atoms with Crippen molar-refractivity contribution in [1.29, 1.82) is 0 Å². The van der Waals surface area contributed by atoms with Gasteiger partial charge in [0.2, 0.25) is 10.0 Å². The van der Waals surface area contributed by atoms with Gasteiger partial charge in [-0.25, -0.2) is 8.42 Å². The van der Waals surface area contributed by atoms with Crippen LogP contribution in [0.1, 0.15) is 51.5 Å². The van der Waals surface area contributed by atoms with Crippen LogP contribution in [0.2, 0.25) is 0 Å². The minimum Gasteiger partial charge on any atom is -0.361 e. The Labute approximate surface area is 169 Å². The maximum atomic E-state index is 12.2. The van der Waals surface area contributed by atoms with Gasteiger partial charge < -0.3 is 4.98 Å². The van der Waals surface area contributed by atoms with Crippen molar-refractivity contribution in [3.63, 3.8) is 0 Å². The first kappa shape index (κ1) is 20.9. The van der Waals surface area contributed by atoms with Gasteiger partial charge in [0.25, 0.3) is 0 Å². The number of benzene rings is 1. The van der Waals surface area contributed by atoms with Crippen LogP contribution in [-0.2, 0) is 10.0 Å². The summed E-state index contributed by atoms with van der Waals surface area (Å²) >= 11 is 0. The van der Waals surface area contributed by atoms with E-state index in [0.717, 1.165) is 30.4 Å². The lowest BCUT2D eigenvalue weighted by molar-refractivity contribution is 0.294. The highest BCUT2D eigenvalue weighted by Gasteiger charge is 2.19. The van der Waals surface area contributed by atoms with Crippen LogP contribution in [0.3, 0.4) is 0 Å². The average molecular weight is 404 g/mol. The topological polar surface area (TPSA) is 56.4 Å². The Balaban J connectivity index is 1.77. The van der Waals surface area contributed by atoms with Gasteiger partial charge in [0.1, 0.15) is 0 Å². The number of aromatic amines is 1. The molecule has 1 N–H and O–H groups in total. The standard InChI is InChI=1S/C22H33N3O2S/c1-4-6-7-8-13-25-14-11-18(12-15-25)21-17-23-22-10-9-19(16-20(21)22)24(3)28(26,27)5-2/h9-11,16-17,23H,4-8,12-15H2,1-3H3. The molecule has 3 rings (SSSR count). The first-order valence-corrected chi connectivity index (χ1v) is 12.1. The second-order valence-corrected chi connectivity index (χ2v) is 9.93. The summed E-state index contributed by atoms with van der Waals surface area (Å²) in [5.74, 6) is 0.0980. The highest BCUT2D eigenvalue weighted by atomic mass is 32.2. The number of hydrogen-bond donors (Lipinski definition) is 1. The lowest BCUT2D eigenvalue weighted by atomic mass is 9.98. The molecule has 0 atom stereocenters. The molecule has 1 aliphatic heterocycles. The van der Waals surface area contributed by atoms with Crippen LogP contribution in [0.25, 0.3) is 16.5 Å². The van der Waals surface area contributed by atoms with E-state index in [-0.39, 0.29) is 5.75 Å². The molecule has 28 heavy (non-hydrogen) atoms. The highest BCUT2D eigenvalue weighted by Crippen LogP contribution is 2.32. The zero-order valence-corrected chi connectivity index (χ0v) is 18.2. The Morgan fingerprint density at radius 1 is 1.18 bits per heavy atom. The summed E-state index contributed by atoms with van der Waals surface area (Å²) in [6.45, 7) is 7.19. The molecule has 1 aromatic heterocycles. The zero-order valence-electron chi connectivity index (χ0n) is 17.4. The number of nitrogens with one attached hydrogen (secondary N) is 1. The van der Waals surface area contributed by atoms with Crippen molar-refractivity contribution in [3.8, 4) is 0 Å². The van der Waals surface area contributed by atoms with Crippen molar-refractivity contribution >= 4 is 32.2 Å². The minimum absolute atomic E-state index is 0.0980. The van der Waals surface area contributed by atoms with Crippen LogP contribution < -0.4 is 4.31 Å². The fourth-order valence-corrected chi connectivity index (χ4v) is 4.67. The average Bonchev–Trinajstić information content (AvgIpc) is 3.14. The summed E-state index contributed by atoms with van der Waals surface area (Å²) in [5.41, 5.74) is 4.31. The van der Waals surface area contributed by atoms with Gasteiger partial charge in [0, 0.05) is 42.8 Å². The predicted molar refractivity (Wildman–Crippen MR) is 119 cm³/mol. The van der Waals surface area contributed by atoms with Crippen LogP contribution in [0.5, 0.6) is 0 Å². The molecule has 6 heteroatoms. The smallest absolute Gasteiger partial charge is 0.234 e. The third-order valence-corrected chi connectivity index (χ3v) is 7.55. The van der Waals surface area contributed by atoms with E-state index >= 15 is 0 Å². The number of sulfonamides is 1. The molecule has 1 aromatic carbocycles. The monoisotopic (exact) mass is 403 g/mol. The summed E-state index contributed by atoms with van der Waals surface area (Å²) < 4.78 is 25.8. The van der Waals surface area contributed by atoms with Crippen molar-refractivity contribution < 1.29 is 8.42 Å². The van der Waals surface area contributed by atoms with E-state index in [4.69, 9.17) is 0 Å². The number of H-pyrrole nitrogens is 1. The number of aromatic nitrogens is 1. The normalized spacial score (nSPS) is 15.8. The van der Waals surface area contributed by atoms with Gasteiger partial charge in [-0.05, 0) is 50.1 Å². The molecule has 5 nitrogen and oxygen atoms in total. The molecule has 0 unspecified atom stereocenters. The molecule has 0 bridgehead atoms. The van der Waals surface area contributed by atoms with Crippen molar-refractivity contribution in [2.75, 3.05) is 36.7 Å². The SMILES string of the molecule is CCCCCCN1CC=C(c2c[nH]c3ccc(N(C)S(=O)(=O)CC)cc23)CC1. The van der Waals surface area contributed by atoms with E-state index in [1.807, 2.05) is 18.2 Å². The summed E-state index contributed by atoms with van der Waals surface area (Å²) in [7, 11) is -1.63. The molecular formula is C22H33N3O2S. The van der Waals surface area contributed by atoms with E-state index < -0.39 is 10.0 Å². The third-order valence-electron chi connectivity index (χ3n) is 5.78. The molecule has 154 valence electrons. The fourth-order valence-electron chi connectivity index (χ4n) is 3.85. The maximum absolute atomic E-state index is 12.2. The quantitative estimate of drug-likeness (QED) is 0.622. The third kappa shape index (κ3) is 4.61. The van der Waals surface area contributed by atoms with E-state index in [9.17, 15) is 8.42 Å². The molecule has 0 spiro atoms. The van der Waals surface area contributed by atoms with Crippen molar-refractivity contribution in [3.05, 3.63) is 36.0 Å². The van der Waals surface area contributed by atoms with Gasteiger partial charge in [-0.2, -0.15) is 0 Å². The molecule has 2 aromatic rings. The zero-order chi connectivity index (χ0) is 20.1. The number of anilines is 1. The first-order chi connectivity index (χ1) is 13.5. The van der Waals surface area contributed by atoms with Crippen LogP contribution in [0.15, 0.2) is 30.5 Å². The molecule has 0 amide bonds. The van der Waals surface area contributed by atoms with Crippen molar-refractivity contribution in [2.45, 2.75) is 46.0 Å². The van der Waals surface area contributed by atoms with E-state index in [1.54, 1.807) is 14.0 Å². The predicted octanol–water partition coefficient (Wildman–Crippen LogP) is 4.62. The van der Waals surface area contributed by atoms with Gasteiger partial charge in [0.15, 0.2) is 0 Å². The molecule has 1 aliphatic rings. The molecule has 0 aliphatic carbocycles. The maximum Gasteiger partial charge on any atom is 0.234 e. The molecule has 2 heterocycles. The molecule has 0 saturated carbocycles. The molecule has 0 radical (unpaired) electrons. The fraction of sp³-hybridized carbons (Fsp3) is 0.545. The summed E-state index contributed by atoms with van der Waals surface area (Å²) in [5, 5.41) is 1.10. The minimum atomic E-state index is -3.26. The van der Waals surface area contributed by atoms with Crippen molar-refractivity contribution in [1.82, 2.24) is 9.88 Å². The second-order valence-electron chi connectivity index (χ2n) is 7.64. The van der Waals surface area contributed by atoms with Gasteiger partial charge >= 0.3 is 0 Å². The van der Waals surface area contributed by atoms with Gasteiger partial charge in [-0.3, -0.25) is 9.21 Å². The largest absolute Gasteiger partial charge is 0.361 e. The number of nitrogens with zero attached hydrogens (tertiary/aromatic N) is 2. The number of hydrogen-bond acceptors (Lipinski definition) is 3. The summed E-state index contributed by atoms with van der Waals surface area (Å²) in [4.78, 5) is 5.87. The van der Waals surface area contributed by atoms with Crippen LogP contribution in [-0.4, -0.2) is 50.7 Å². The van der Waals surface area contributed by atoms with Gasteiger partial charge in [-0.1, -0.05) is 32.3 Å². The second kappa shape index (κ2) is 9.14. The van der Waals surface area contributed by atoms with Crippen LogP contribution in [0, 0.1) is 0 Å². The number of rotatable bonds is 9. The lowest BCUT2D eigenvalue weighted by Crippen LogP contribution is -2.29. The number of unbranched alkanes of at least 4 members (excludes halogenated alkanes) is 3. The van der Waals surface area contributed by atoms with E-state index in [0.29, 0.717) is 5.69 Å². The molecule has 0 fully saturated rings. The Morgan fingerprint density at radius 3 is 2.68 bits per heavy atom. The van der Waals surface area contributed by atoms with Crippen LogP contribution in [0.4, 0.5) is 5.69 Å². The molecule has 0 saturated heterocycles. The van der Waals surface area contributed by atoms with E-state index in [2.05, 4.69) is 29.1 Å². The number of fused-ring (bicyclic) bond motifs is 1. The van der Waals surface area contributed by atoms with Gasteiger partial charge in [0.05, 0.1) is 11.4 Å². The van der Waals surface area contributed by atoms with Crippen molar-refractivity contribution in [2.24, 2.45) is 0 Å².